The Hall–Kier alpha value is -1.60. The van der Waals surface area contributed by atoms with Crippen LogP contribution in [0.5, 0.6) is 5.75 Å². The first-order chi connectivity index (χ1) is 7.62. The van der Waals surface area contributed by atoms with Crippen LogP contribution in [0.4, 0.5) is 4.39 Å². The lowest BCUT2D eigenvalue weighted by Gasteiger charge is -2.24. The lowest BCUT2D eigenvalue weighted by Crippen LogP contribution is -2.27. The molecular formula is C12H15FN2O. The number of nitrogens with zero attached hydrogens (tertiary/aromatic N) is 2. The van der Waals surface area contributed by atoms with E-state index in [-0.39, 0.29) is 5.75 Å². The second-order valence-corrected chi connectivity index (χ2v) is 3.50. The molecule has 0 heterocycles. The summed E-state index contributed by atoms with van der Waals surface area (Å²) in [5, 5.41) is 18.4. The molecule has 86 valence electrons. The van der Waals surface area contributed by atoms with Crippen LogP contribution in [0.25, 0.3) is 0 Å². The van der Waals surface area contributed by atoms with E-state index in [1.165, 1.54) is 12.1 Å². The van der Waals surface area contributed by atoms with Gasteiger partial charge in [0.1, 0.15) is 17.6 Å². The lowest BCUT2D eigenvalue weighted by molar-refractivity contribution is 0.261. The van der Waals surface area contributed by atoms with Gasteiger partial charge in [0.2, 0.25) is 0 Å². The molecule has 0 aliphatic heterocycles. The van der Waals surface area contributed by atoms with Crippen LogP contribution in [0.3, 0.4) is 0 Å². The summed E-state index contributed by atoms with van der Waals surface area (Å²) in [4.78, 5) is 1.90. The third kappa shape index (κ3) is 2.71. The quantitative estimate of drug-likeness (QED) is 0.851. The Morgan fingerprint density at radius 1 is 1.38 bits per heavy atom. The van der Waals surface area contributed by atoms with Gasteiger partial charge in [-0.1, -0.05) is 13.8 Å². The highest BCUT2D eigenvalue weighted by Crippen LogP contribution is 2.24. The molecule has 0 spiro atoms. The molecule has 0 radical (unpaired) electrons. The summed E-state index contributed by atoms with van der Waals surface area (Å²) in [6.45, 7) is 5.28. The Bertz CT molecular complexity index is 376. The largest absolute Gasteiger partial charge is 0.508 e. The highest BCUT2D eigenvalue weighted by Gasteiger charge is 2.18. The molecule has 3 nitrogen and oxygen atoms in total. The number of nitriles is 1. The van der Waals surface area contributed by atoms with Crippen molar-refractivity contribution in [3.63, 3.8) is 0 Å². The molecule has 0 bridgehead atoms. The lowest BCUT2D eigenvalue weighted by atomic mass is 10.1. The maximum absolute atomic E-state index is 13.1. The van der Waals surface area contributed by atoms with Gasteiger partial charge in [-0.2, -0.15) is 5.26 Å². The number of phenolic OH excluding ortho intramolecular Hbond substituents is 1. The second kappa shape index (κ2) is 5.47. The highest BCUT2D eigenvalue weighted by atomic mass is 19.1. The fourth-order valence-corrected chi connectivity index (χ4v) is 1.71. The van der Waals surface area contributed by atoms with E-state index >= 15 is 0 Å². The van der Waals surface area contributed by atoms with Crippen molar-refractivity contribution in [3.05, 3.63) is 29.6 Å². The normalized spacial score (nSPS) is 12.4. The third-order valence-electron chi connectivity index (χ3n) is 2.52. The molecular weight excluding hydrogens is 207 g/mol. The molecule has 0 fully saturated rings. The molecule has 0 aliphatic carbocycles. The van der Waals surface area contributed by atoms with Crippen LogP contribution in [-0.4, -0.2) is 23.1 Å². The average Bonchev–Trinajstić information content (AvgIpc) is 2.24. The van der Waals surface area contributed by atoms with Crippen molar-refractivity contribution in [2.45, 2.75) is 19.9 Å². The van der Waals surface area contributed by atoms with Crippen molar-refractivity contribution in [1.82, 2.24) is 4.90 Å². The molecule has 1 N–H and O–H groups in total. The Balaban J connectivity index is 3.08. The summed E-state index contributed by atoms with van der Waals surface area (Å²) in [5.41, 5.74) is 0.490. The number of benzene rings is 1. The number of phenols is 1. The van der Waals surface area contributed by atoms with E-state index in [2.05, 4.69) is 6.07 Å². The summed E-state index contributed by atoms with van der Waals surface area (Å²) in [7, 11) is 0. The SMILES string of the molecule is CCN(CC)C(C#N)c1cc(O)cc(F)c1. The topological polar surface area (TPSA) is 47.3 Å². The first-order valence-electron chi connectivity index (χ1n) is 5.25. The van der Waals surface area contributed by atoms with Gasteiger partial charge in [-0.15, -0.1) is 0 Å². The third-order valence-corrected chi connectivity index (χ3v) is 2.52. The maximum Gasteiger partial charge on any atom is 0.127 e. The number of hydrogen-bond acceptors (Lipinski definition) is 3. The first kappa shape index (κ1) is 12.5. The van der Waals surface area contributed by atoms with Gasteiger partial charge in [-0.25, -0.2) is 4.39 Å². The second-order valence-electron chi connectivity index (χ2n) is 3.50. The van der Waals surface area contributed by atoms with Gasteiger partial charge in [0.15, 0.2) is 0 Å². The number of aromatic hydroxyl groups is 1. The summed E-state index contributed by atoms with van der Waals surface area (Å²) in [6, 6.07) is 5.34. The molecule has 0 aliphatic rings. The van der Waals surface area contributed by atoms with Crippen LogP contribution in [0.15, 0.2) is 18.2 Å². The molecule has 0 amide bonds. The average molecular weight is 222 g/mol. The number of halogens is 1. The standard InChI is InChI=1S/C12H15FN2O/c1-3-15(4-2)12(8-14)9-5-10(13)7-11(16)6-9/h5-7,12,16H,3-4H2,1-2H3. The minimum absolute atomic E-state index is 0.151. The number of hydrogen-bond donors (Lipinski definition) is 1. The van der Waals surface area contributed by atoms with E-state index in [0.717, 1.165) is 6.07 Å². The molecule has 0 saturated heterocycles. The highest BCUT2D eigenvalue weighted by molar-refractivity contribution is 5.33. The van der Waals surface area contributed by atoms with Gasteiger partial charge in [0.25, 0.3) is 0 Å². The van der Waals surface area contributed by atoms with Crippen LogP contribution in [0.2, 0.25) is 0 Å². The molecule has 0 saturated carbocycles. The molecule has 16 heavy (non-hydrogen) atoms. The predicted octanol–water partition coefficient (Wildman–Crippen LogP) is 2.44. The predicted molar refractivity (Wildman–Crippen MR) is 59.3 cm³/mol. The summed E-state index contributed by atoms with van der Waals surface area (Å²) >= 11 is 0. The van der Waals surface area contributed by atoms with E-state index in [4.69, 9.17) is 5.26 Å². The molecule has 1 atom stereocenters. The minimum Gasteiger partial charge on any atom is -0.508 e. The van der Waals surface area contributed by atoms with Crippen molar-refractivity contribution in [3.8, 4) is 11.8 Å². The molecule has 4 heteroatoms. The first-order valence-corrected chi connectivity index (χ1v) is 5.25. The van der Waals surface area contributed by atoms with Gasteiger partial charge >= 0.3 is 0 Å². The van der Waals surface area contributed by atoms with Crippen molar-refractivity contribution in [1.29, 1.82) is 5.26 Å². The van der Waals surface area contributed by atoms with Crippen molar-refractivity contribution in [2.75, 3.05) is 13.1 Å². The molecule has 1 aromatic carbocycles. The van der Waals surface area contributed by atoms with Crippen LogP contribution < -0.4 is 0 Å². The maximum atomic E-state index is 13.1. The van der Waals surface area contributed by atoms with Gasteiger partial charge in [-0.05, 0) is 30.8 Å². The van der Waals surface area contributed by atoms with Gasteiger partial charge in [-0.3, -0.25) is 4.90 Å². The van der Waals surface area contributed by atoms with Crippen LogP contribution in [-0.2, 0) is 0 Å². The Morgan fingerprint density at radius 3 is 2.44 bits per heavy atom. The van der Waals surface area contributed by atoms with E-state index < -0.39 is 11.9 Å². The van der Waals surface area contributed by atoms with Crippen molar-refractivity contribution < 1.29 is 9.50 Å². The zero-order valence-electron chi connectivity index (χ0n) is 9.44. The Morgan fingerprint density at radius 2 is 2.00 bits per heavy atom. The minimum atomic E-state index is -0.526. The summed E-state index contributed by atoms with van der Waals surface area (Å²) in [5.74, 6) is -0.676. The van der Waals surface area contributed by atoms with E-state index in [1.807, 2.05) is 18.7 Å². The van der Waals surface area contributed by atoms with Gasteiger partial charge in [0, 0.05) is 6.07 Å². The Labute approximate surface area is 94.7 Å². The fourth-order valence-electron chi connectivity index (χ4n) is 1.71. The number of rotatable bonds is 4. The smallest absolute Gasteiger partial charge is 0.127 e. The zero-order valence-corrected chi connectivity index (χ0v) is 9.44. The van der Waals surface area contributed by atoms with Crippen molar-refractivity contribution >= 4 is 0 Å². The molecule has 1 unspecified atom stereocenters. The van der Waals surface area contributed by atoms with Crippen LogP contribution >= 0.6 is 0 Å². The van der Waals surface area contributed by atoms with Crippen LogP contribution in [0.1, 0.15) is 25.5 Å². The molecule has 1 aromatic rings. The van der Waals surface area contributed by atoms with Crippen molar-refractivity contribution in [2.24, 2.45) is 0 Å². The monoisotopic (exact) mass is 222 g/mol. The van der Waals surface area contributed by atoms with Crippen LogP contribution in [0, 0.1) is 17.1 Å². The van der Waals surface area contributed by atoms with E-state index in [9.17, 15) is 9.50 Å². The Kier molecular flexibility index (Phi) is 4.27. The molecule has 1 rings (SSSR count). The zero-order chi connectivity index (χ0) is 12.1. The fraction of sp³-hybridized carbons (Fsp3) is 0.417. The van der Waals surface area contributed by atoms with Gasteiger partial charge < -0.3 is 5.11 Å². The van der Waals surface area contributed by atoms with E-state index in [0.29, 0.717) is 18.7 Å². The summed E-state index contributed by atoms with van der Waals surface area (Å²) < 4.78 is 13.1. The van der Waals surface area contributed by atoms with E-state index in [1.54, 1.807) is 0 Å². The summed E-state index contributed by atoms with van der Waals surface area (Å²) in [6.07, 6.45) is 0. The van der Waals surface area contributed by atoms with Gasteiger partial charge in [0.05, 0.1) is 6.07 Å². The molecule has 0 aromatic heterocycles.